The Morgan fingerprint density at radius 1 is 1.30 bits per heavy atom. The van der Waals surface area contributed by atoms with Gasteiger partial charge in [0, 0.05) is 12.6 Å². The van der Waals surface area contributed by atoms with E-state index in [0.717, 1.165) is 24.8 Å². The van der Waals surface area contributed by atoms with Gasteiger partial charge in [0.05, 0.1) is 24.0 Å². The van der Waals surface area contributed by atoms with Crippen LogP contribution in [0.2, 0.25) is 0 Å². The Bertz CT molecular complexity index is 586. The molecule has 0 unspecified atom stereocenters. The molecule has 0 saturated heterocycles. The summed E-state index contributed by atoms with van der Waals surface area (Å²) in [7, 11) is -3.56. The minimum atomic E-state index is -3.56. The molecule has 20 heavy (non-hydrogen) atoms. The fraction of sp³-hybridized carbons (Fsp3) is 0.500. The highest BCUT2D eigenvalue weighted by molar-refractivity contribution is 7.89. The number of nitrogens with zero attached hydrogens (tertiary/aromatic N) is 2. The Kier molecular flexibility index (Phi) is 4.76. The molecule has 2 rings (SSSR count). The molecule has 0 atom stereocenters. The zero-order valence-electron chi connectivity index (χ0n) is 11.2. The quantitative estimate of drug-likeness (QED) is 0.857. The van der Waals surface area contributed by atoms with Crippen LogP contribution in [0.3, 0.4) is 0 Å². The molecular formula is C14H18N2O3S. The lowest BCUT2D eigenvalue weighted by Crippen LogP contribution is -2.45. The third kappa shape index (κ3) is 3.01. The van der Waals surface area contributed by atoms with Crippen molar-refractivity contribution in [2.75, 3.05) is 13.2 Å². The van der Waals surface area contributed by atoms with Crippen molar-refractivity contribution in [3.05, 3.63) is 29.8 Å². The lowest BCUT2D eigenvalue weighted by Gasteiger charge is -2.36. The highest BCUT2D eigenvalue weighted by atomic mass is 32.2. The summed E-state index contributed by atoms with van der Waals surface area (Å²) in [6.07, 6.45) is 3.00. The molecule has 0 aromatic heterocycles. The number of aliphatic hydroxyl groups is 1. The number of aliphatic hydroxyl groups excluding tert-OH is 1. The first-order chi connectivity index (χ1) is 9.59. The van der Waals surface area contributed by atoms with Gasteiger partial charge in [0.1, 0.15) is 0 Å². The van der Waals surface area contributed by atoms with Crippen LogP contribution in [0.4, 0.5) is 0 Å². The van der Waals surface area contributed by atoms with Gasteiger partial charge in [-0.2, -0.15) is 9.57 Å². The van der Waals surface area contributed by atoms with Crippen LogP contribution in [0.5, 0.6) is 0 Å². The third-order valence-electron chi connectivity index (χ3n) is 3.62. The largest absolute Gasteiger partial charge is 0.395 e. The Hall–Kier alpha value is -1.42. The molecule has 6 heteroatoms. The summed E-state index contributed by atoms with van der Waals surface area (Å²) in [6, 6.07) is 8.42. The van der Waals surface area contributed by atoms with E-state index in [9.17, 15) is 8.42 Å². The second-order valence-electron chi connectivity index (χ2n) is 4.90. The van der Waals surface area contributed by atoms with Gasteiger partial charge in [-0.1, -0.05) is 18.6 Å². The first-order valence-corrected chi connectivity index (χ1v) is 8.12. The SMILES string of the molecule is N#CCc1ccc(S(=O)(=O)N(CCO)C2CCC2)cc1. The minimum absolute atomic E-state index is 0.00550. The normalized spacial score (nSPS) is 15.8. The third-order valence-corrected chi connectivity index (χ3v) is 5.58. The van der Waals surface area contributed by atoms with Gasteiger partial charge in [-0.05, 0) is 30.5 Å². The fourth-order valence-electron chi connectivity index (χ4n) is 2.28. The summed E-state index contributed by atoms with van der Waals surface area (Å²) in [6.45, 7) is -0.0464. The molecule has 5 nitrogen and oxygen atoms in total. The molecule has 1 aromatic carbocycles. The molecular weight excluding hydrogens is 276 g/mol. The fourth-order valence-corrected chi connectivity index (χ4v) is 3.95. The molecule has 0 heterocycles. The zero-order valence-corrected chi connectivity index (χ0v) is 12.0. The van der Waals surface area contributed by atoms with Crippen molar-refractivity contribution in [1.82, 2.24) is 4.31 Å². The number of hydrogen-bond donors (Lipinski definition) is 1. The van der Waals surface area contributed by atoms with E-state index in [2.05, 4.69) is 0 Å². The smallest absolute Gasteiger partial charge is 0.243 e. The van der Waals surface area contributed by atoms with Gasteiger partial charge in [0.2, 0.25) is 10.0 Å². The Morgan fingerprint density at radius 2 is 1.95 bits per heavy atom. The number of hydrogen-bond acceptors (Lipinski definition) is 4. The van der Waals surface area contributed by atoms with E-state index in [1.54, 1.807) is 12.1 Å². The summed E-state index contributed by atoms with van der Waals surface area (Å²) >= 11 is 0. The lowest BCUT2D eigenvalue weighted by atomic mass is 9.93. The van der Waals surface area contributed by atoms with E-state index >= 15 is 0 Å². The van der Waals surface area contributed by atoms with E-state index < -0.39 is 10.0 Å². The Morgan fingerprint density at radius 3 is 2.40 bits per heavy atom. The van der Waals surface area contributed by atoms with Crippen LogP contribution < -0.4 is 0 Å². The molecule has 1 saturated carbocycles. The van der Waals surface area contributed by atoms with Crippen LogP contribution in [0, 0.1) is 11.3 Å². The van der Waals surface area contributed by atoms with Crippen LogP contribution in [-0.2, 0) is 16.4 Å². The summed E-state index contributed by atoms with van der Waals surface area (Å²) in [5.41, 5.74) is 0.795. The molecule has 1 aliphatic carbocycles. The highest BCUT2D eigenvalue weighted by Gasteiger charge is 2.34. The van der Waals surface area contributed by atoms with Gasteiger partial charge >= 0.3 is 0 Å². The van der Waals surface area contributed by atoms with E-state index in [0.29, 0.717) is 0 Å². The average Bonchev–Trinajstić information content (AvgIpc) is 2.37. The monoisotopic (exact) mass is 294 g/mol. The highest BCUT2D eigenvalue weighted by Crippen LogP contribution is 2.29. The van der Waals surface area contributed by atoms with Gasteiger partial charge in [0.15, 0.2) is 0 Å². The van der Waals surface area contributed by atoms with Gasteiger partial charge in [0.25, 0.3) is 0 Å². The number of benzene rings is 1. The maximum atomic E-state index is 12.6. The topological polar surface area (TPSA) is 81.4 Å². The number of rotatable bonds is 6. The number of nitriles is 1. The van der Waals surface area contributed by atoms with Crippen molar-refractivity contribution in [1.29, 1.82) is 5.26 Å². The standard InChI is InChI=1S/C14H18N2O3S/c15-9-8-12-4-6-14(7-5-12)20(18,19)16(10-11-17)13-2-1-3-13/h4-7,13,17H,1-3,8,10-11H2. The zero-order chi connectivity index (χ0) is 14.6. The molecule has 0 bridgehead atoms. The van der Waals surface area contributed by atoms with Crippen molar-refractivity contribution >= 4 is 10.0 Å². The van der Waals surface area contributed by atoms with E-state index in [4.69, 9.17) is 10.4 Å². The van der Waals surface area contributed by atoms with E-state index in [1.165, 1.54) is 16.4 Å². The van der Waals surface area contributed by atoms with Crippen molar-refractivity contribution in [3.8, 4) is 6.07 Å². The van der Waals surface area contributed by atoms with Crippen molar-refractivity contribution < 1.29 is 13.5 Å². The van der Waals surface area contributed by atoms with Gasteiger partial charge in [-0.15, -0.1) is 0 Å². The first kappa shape index (κ1) is 15.0. The first-order valence-electron chi connectivity index (χ1n) is 6.68. The molecule has 1 N–H and O–H groups in total. The predicted octanol–water partition coefficient (Wildman–Crippen LogP) is 1.29. The molecule has 1 fully saturated rings. The van der Waals surface area contributed by atoms with Crippen molar-refractivity contribution in [3.63, 3.8) is 0 Å². The summed E-state index contributed by atoms with van der Waals surface area (Å²) in [4.78, 5) is 0.222. The van der Waals surface area contributed by atoms with E-state index in [-0.39, 0.29) is 30.5 Å². The average molecular weight is 294 g/mol. The molecule has 1 aromatic rings. The maximum absolute atomic E-state index is 12.6. The number of sulfonamides is 1. The van der Waals surface area contributed by atoms with Crippen LogP contribution in [0.1, 0.15) is 24.8 Å². The Balaban J connectivity index is 2.25. The maximum Gasteiger partial charge on any atom is 0.243 e. The van der Waals surface area contributed by atoms with Gasteiger partial charge in [-0.25, -0.2) is 8.42 Å². The van der Waals surface area contributed by atoms with Gasteiger partial charge < -0.3 is 5.11 Å². The molecule has 0 radical (unpaired) electrons. The van der Waals surface area contributed by atoms with Crippen LogP contribution in [0.25, 0.3) is 0 Å². The predicted molar refractivity (Wildman–Crippen MR) is 74.4 cm³/mol. The molecule has 0 spiro atoms. The lowest BCUT2D eigenvalue weighted by molar-refractivity contribution is 0.178. The van der Waals surface area contributed by atoms with Gasteiger partial charge in [-0.3, -0.25) is 0 Å². The Labute approximate surface area is 119 Å². The summed E-state index contributed by atoms with van der Waals surface area (Å²) < 4.78 is 26.5. The van der Waals surface area contributed by atoms with E-state index in [1.807, 2.05) is 6.07 Å². The summed E-state index contributed by atoms with van der Waals surface area (Å²) in [5.74, 6) is 0. The minimum Gasteiger partial charge on any atom is -0.395 e. The van der Waals surface area contributed by atoms with Crippen LogP contribution in [-0.4, -0.2) is 37.0 Å². The van der Waals surface area contributed by atoms with Crippen molar-refractivity contribution in [2.24, 2.45) is 0 Å². The molecule has 108 valence electrons. The van der Waals surface area contributed by atoms with Crippen LogP contribution in [0.15, 0.2) is 29.2 Å². The second kappa shape index (κ2) is 6.35. The molecule has 0 aliphatic heterocycles. The molecule has 0 amide bonds. The molecule has 1 aliphatic rings. The van der Waals surface area contributed by atoms with Crippen molar-refractivity contribution in [2.45, 2.75) is 36.6 Å². The van der Waals surface area contributed by atoms with Crippen LogP contribution >= 0.6 is 0 Å². The summed E-state index contributed by atoms with van der Waals surface area (Å²) in [5, 5.41) is 17.7. The second-order valence-corrected chi connectivity index (χ2v) is 6.79.